The molecule has 2 N–H and O–H groups in total. The highest BCUT2D eigenvalue weighted by Gasteiger charge is 2.40. The molecular formula is C17H20N2O3. The van der Waals surface area contributed by atoms with Crippen LogP contribution in [0.25, 0.3) is 0 Å². The van der Waals surface area contributed by atoms with E-state index in [-0.39, 0.29) is 17.8 Å². The molecule has 22 heavy (non-hydrogen) atoms. The molecule has 3 aliphatic rings. The monoisotopic (exact) mass is 300 g/mol. The molecule has 5 nitrogen and oxygen atoms in total. The zero-order valence-corrected chi connectivity index (χ0v) is 12.4. The maximum atomic E-state index is 12.5. The van der Waals surface area contributed by atoms with E-state index in [2.05, 4.69) is 10.2 Å². The van der Waals surface area contributed by atoms with Crippen LogP contribution in [0.15, 0.2) is 18.2 Å². The number of amides is 1. The zero-order valence-electron chi connectivity index (χ0n) is 12.4. The molecule has 1 saturated heterocycles. The van der Waals surface area contributed by atoms with E-state index in [1.165, 1.54) is 0 Å². The average molecular weight is 300 g/mol. The van der Waals surface area contributed by atoms with Gasteiger partial charge in [-0.3, -0.25) is 14.5 Å². The Morgan fingerprint density at radius 1 is 1.27 bits per heavy atom. The molecule has 1 aromatic rings. The first-order valence-corrected chi connectivity index (χ1v) is 7.95. The Bertz CT molecular complexity index is 629. The third kappa shape index (κ3) is 2.44. The van der Waals surface area contributed by atoms with Gasteiger partial charge in [0.25, 0.3) is 0 Å². The van der Waals surface area contributed by atoms with Gasteiger partial charge in [-0.25, -0.2) is 0 Å². The number of carbonyl (C=O) groups is 2. The van der Waals surface area contributed by atoms with E-state index in [9.17, 15) is 14.7 Å². The number of fused-ring (bicyclic) bond motifs is 2. The van der Waals surface area contributed by atoms with Crippen molar-refractivity contribution in [1.29, 1.82) is 0 Å². The van der Waals surface area contributed by atoms with Crippen molar-refractivity contribution in [1.82, 2.24) is 4.90 Å². The topological polar surface area (TPSA) is 69.6 Å². The average Bonchev–Trinajstić information content (AvgIpc) is 3.08. The molecule has 2 aliphatic heterocycles. The predicted molar refractivity (Wildman–Crippen MR) is 81.8 cm³/mol. The van der Waals surface area contributed by atoms with Gasteiger partial charge < -0.3 is 10.4 Å². The number of benzene rings is 1. The van der Waals surface area contributed by atoms with E-state index >= 15 is 0 Å². The second kappa shape index (κ2) is 5.18. The van der Waals surface area contributed by atoms with Crippen LogP contribution in [0.4, 0.5) is 5.69 Å². The summed E-state index contributed by atoms with van der Waals surface area (Å²) < 4.78 is 0. The number of nitrogens with one attached hydrogen (secondary N) is 1. The minimum Gasteiger partial charge on any atom is -0.393 e. The standard InChI is InChI=1S/C17H20N2O3/c20-14-4-12-7-19(8-13(12)5-14)9-16(21)10-1-2-15-11(3-10)6-17(22)18-15/h1-3,12-14,20H,4-9H2,(H,18,22)/t12-,13+,14-. The van der Waals surface area contributed by atoms with E-state index < -0.39 is 0 Å². The SMILES string of the molecule is O=C1Cc2cc(C(=O)CN3C[C@H]4C[C@@H](O)C[C@H]4C3)ccc2N1. The van der Waals surface area contributed by atoms with Crippen LogP contribution in [-0.4, -0.2) is 47.4 Å². The van der Waals surface area contributed by atoms with Crippen molar-refractivity contribution in [2.75, 3.05) is 25.0 Å². The number of aliphatic hydroxyl groups excluding tert-OH is 1. The second-order valence-electron chi connectivity index (χ2n) is 6.86. The molecule has 2 fully saturated rings. The van der Waals surface area contributed by atoms with Gasteiger partial charge in [0.15, 0.2) is 5.78 Å². The molecule has 5 heteroatoms. The molecule has 116 valence electrons. The van der Waals surface area contributed by atoms with Gasteiger partial charge in [0, 0.05) is 24.3 Å². The van der Waals surface area contributed by atoms with Gasteiger partial charge in [-0.1, -0.05) is 0 Å². The normalized spacial score (nSPS) is 30.2. The first-order chi connectivity index (χ1) is 10.6. The van der Waals surface area contributed by atoms with E-state index in [4.69, 9.17) is 0 Å². The van der Waals surface area contributed by atoms with Gasteiger partial charge in [-0.05, 0) is 48.4 Å². The molecule has 0 aromatic heterocycles. The fraction of sp³-hybridized carbons (Fsp3) is 0.529. The van der Waals surface area contributed by atoms with E-state index in [1.54, 1.807) is 6.07 Å². The molecule has 0 spiro atoms. The number of aliphatic hydroxyl groups is 1. The Hall–Kier alpha value is -1.72. The van der Waals surface area contributed by atoms with Crippen molar-refractivity contribution in [2.24, 2.45) is 11.8 Å². The summed E-state index contributed by atoms with van der Waals surface area (Å²) in [5.41, 5.74) is 2.43. The Morgan fingerprint density at radius 3 is 2.73 bits per heavy atom. The van der Waals surface area contributed by atoms with Crippen molar-refractivity contribution in [3.8, 4) is 0 Å². The first-order valence-electron chi connectivity index (χ1n) is 7.95. The number of Topliss-reactive ketones (excluding diaryl/α,β-unsaturated/α-hetero) is 1. The maximum absolute atomic E-state index is 12.5. The summed E-state index contributed by atoms with van der Waals surface area (Å²) in [6.07, 6.45) is 1.97. The van der Waals surface area contributed by atoms with E-state index in [1.807, 2.05) is 12.1 Å². The van der Waals surface area contributed by atoms with Crippen LogP contribution < -0.4 is 5.32 Å². The van der Waals surface area contributed by atoms with Crippen molar-refractivity contribution < 1.29 is 14.7 Å². The predicted octanol–water partition coefficient (Wildman–Crippen LogP) is 1.07. The van der Waals surface area contributed by atoms with E-state index in [0.717, 1.165) is 37.2 Å². The van der Waals surface area contributed by atoms with Crippen molar-refractivity contribution in [3.63, 3.8) is 0 Å². The van der Waals surface area contributed by atoms with Crippen molar-refractivity contribution >= 4 is 17.4 Å². The molecule has 0 unspecified atom stereocenters. The molecule has 4 rings (SSSR count). The molecule has 2 heterocycles. The van der Waals surface area contributed by atoms with Crippen LogP contribution >= 0.6 is 0 Å². The Morgan fingerprint density at radius 2 is 2.00 bits per heavy atom. The number of rotatable bonds is 3. The lowest BCUT2D eigenvalue weighted by Gasteiger charge is -2.16. The minimum atomic E-state index is -0.144. The molecule has 1 aromatic carbocycles. The van der Waals surface area contributed by atoms with Crippen LogP contribution in [0.1, 0.15) is 28.8 Å². The molecule has 0 radical (unpaired) electrons. The molecule has 1 aliphatic carbocycles. The largest absolute Gasteiger partial charge is 0.393 e. The summed E-state index contributed by atoms with van der Waals surface area (Å²) in [4.78, 5) is 26.1. The number of nitrogens with zero attached hydrogens (tertiary/aromatic N) is 1. The van der Waals surface area contributed by atoms with Gasteiger partial charge in [0.1, 0.15) is 0 Å². The summed E-state index contributed by atoms with van der Waals surface area (Å²) in [6, 6.07) is 5.46. The molecular weight excluding hydrogens is 280 g/mol. The summed E-state index contributed by atoms with van der Waals surface area (Å²) in [7, 11) is 0. The van der Waals surface area contributed by atoms with Crippen LogP contribution in [0.5, 0.6) is 0 Å². The highest BCUT2D eigenvalue weighted by atomic mass is 16.3. The lowest BCUT2D eigenvalue weighted by atomic mass is 10.0. The molecule has 0 bridgehead atoms. The van der Waals surface area contributed by atoms with Crippen LogP contribution in [-0.2, 0) is 11.2 Å². The number of ketones is 1. The Kier molecular flexibility index (Phi) is 3.27. The van der Waals surface area contributed by atoms with Gasteiger partial charge >= 0.3 is 0 Å². The van der Waals surface area contributed by atoms with Crippen LogP contribution in [0.3, 0.4) is 0 Å². The Labute approximate surface area is 129 Å². The maximum Gasteiger partial charge on any atom is 0.228 e. The molecule has 1 amide bonds. The fourth-order valence-corrected chi connectivity index (χ4v) is 4.19. The Balaban J connectivity index is 1.41. The number of anilines is 1. The third-order valence-electron chi connectivity index (χ3n) is 5.22. The number of likely N-dealkylation sites (tertiary alicyclic amines) is 1. The minimum absolute atomic E-state index is 0.00877. The quantitative estimate of drug-likeness (QED) is 0.819. The summed E-state index contributed by atoms with van der Waals surface area (Å²) in [5.74, 6) is 1.20. The number of hydrogen-bond acceptors (Lipinski definition) is 4. The highest BCUT2D eigenvalue weighted by Crippen LogP contribution is 2.38. The molecule has 1 saturated carbocycles. The smallest absolute Gasteiger partial charge is 0.228 e. The summed E-state index contributed by atoms with van der Waals surface area (Å²) in [6.45, 7) is 2.26. The molecule has 3 atom stereocenters. The summed E-state index contributed by atoms with van der Waals surface area (Å²) >= 11 is 0. The summed E-state index contributed by atoms with van der Waals surface area (Å²) in [5, 5.41) is 12.5. The van der Waals surface area contributed by atoms with Gasteiger partial charge in [0.05, 0.1) is 19.1 Å². The van der Waals surface area contributed by atoms with Gasteiger partial charge in [0.2, 0.25) is 5.91 Å². The first kappa shape index (κ1) is 13.9. The van der Waals surface area contributed by atoms with Gasteiger partial charge in [-0.2, -0.15) is 0 Å². The van der Waals surface area contributed by atoms with Crippen molar-refractivity contribution in [3.05, 3.63) is 29.3 Å². The second-order valence-corrected chi connectivity index (χ2v) is 6.86. The lowest BCUT2D eigenvalue weighted by molar-refractivity contribution is -0.115. The number of carbonyl (C=O) groups excluding carboxylic acids is 2. The van der Waals surface area contributed by atoms with Crippen LogP contribution in [0.2, 0.25) is 0 Å². The highest BCUT2D eigenvalue weighted by molar-refractivity contribution is 6.02. The van der Waals surface area contributed by atoms with E-state index in [0.29, 0.717) is 30.4 Å². The number of hydrogen-bond donors (Lipinski definition) is 2. The zero-order chi connectivity index (χ0) is 15.3. The third-order valence-corrected chi connectivity index (χ3v) is 5.22. The van der Waals surface area contributed by atoms with Gasteiger partial charge in [-0.15, -0.1) is 0 Å². The van der Waals surface area contributed by atoms with Crippen molar-refractivity contribution in [2.45, 2.75) is 25.4 Å². The van der Waals surface area contributed by atoms with Crippen LogP contribution in [0, 0.1) is 11.8 Å². The fourth-order valence-electron chi connectivity index (χ4n) is 4.19. The lowest BCUT2D eigenvalue weighted by Crippen LogP contribution is -2.29.